The predicted octanol–water partition coefficient (Wildman–Crippen LogP) is 4.50. The number of hydrogen-bond donors (Lipinski definition) is 4. The first-order valence-electron chi connectivity index (χ1n) is 21.5. The van der Waals surface area contributed by atoms with Crippen LogP contribution in [0.25, 0.3) is 0 Å². The van der Waals surface area contributed by atoms with Gasteiger partial charge in [-0.25, -0.2) is 14.4 Å². The Morgan fingerprint density at radius 3 is 2.36 bits per heavy atom. The summed E-state index contributed by atoms with van der Waals surface area (Å²) in [6, 6.07) is 21.5. The lowest BCUT2D eigenvalue weighted by Gasteiger charge is -2.37. The molecule has 5 N–H and O–H groups in total. The number of hydrogen-bond acceptors (Lipinski definition) is 14. The van der Waals surface area contributed by atoms with E-state index in [1.807, 2.05) is 65.8 Å². The van der Waals surface area contributed by atoms with Crippen LogP contribution in [0.15, 0.2) is 95.1 Å². The van der Waals surface area contributed by atoms with Gasteiger partial charge in [-0.1, -0.05) is 36.0 Å². The number of piperazine rings is 1. The van der Waals surface area contributed by atoms with Gasteiger partial charge in [-0.3, -0.25) is 24.5 Å². The zero-order valence-electron chi connectivity index (χ0n) is 35.4. The van der Waals surface area contributed by atoms with Gasteiger partial charge in [-0.15, -0.1) is 10.2 Å². The van der Waals surface area contributed by atoms with Gasteiger partial charge in [0.1, 0.15) is 22.7 Å². The van der Waals surface area contributed by atoms with Gasteiger partial charge in [0, 0.05) is 87.0 Å². The lowest BCUT2D eigenvalue weighted by atomic mass is 9.91. The maximum Gasteiger partial charge on any atom is 0.272 e. The van der Waals surface area contributed by atoms with Gasteiger partial charge in [0.05, 0.1) is 18.1 Å². The highest BCUT2D eigenvalue weighted by Crippen LogP contribution is 2.31. The van der Waals surface area contributed by atoms with Crippen LogP contribution in [0, 0.1) is 5.82 Å². The molecule has 18 heteroatoms. The van der Waals surface area contributed by atoms with Gasteiger partial charge in [0.15, 0.2) is 11.5 Å². The van der Waals surface area contributed by atoms with E-state index >= 15 is 4.39 Å². The fourth-order valence-electron chi connectivity index (χ4n) is 8.46. The van der Waals surface area contributed by atoms with Crippen molar-refractivity contribution in [1.82, 2.24) is 35.7 Å². The van der Waals surface area contributed by atoms with Crippen molar-refractivity contribution >= 4 is 58.4 Å². The molecule has 0 bridgehead atoms. The number of aromatic nitrogens is 4. The molecule has 9 rings (SSSR count). The van der Waals surface area contributed by atoms with Crippen LogP contribution in [0.2, 0.25) is 0 Å². The predicted molar refractivity (Wildman–Crippen MR) is 240 cm³/mol. The van der Waals surface area contributed by atoms with Crippen molar-refractivity contribution in [2.75, 3.05) is 59.3 Å². The Labute approximate surface area is 374 Å². The van der Waals surface area contributed by atoms with E-state index in [-0.39, 0.29) is 48.4 Å². The van der Waals surface area contributed by atoms with E-state index in [1.165, 1.54) is 16.7 Å². The molecule has 0 saturated carbocycles. The molecule has 0 spiro atoms. The van der Waals surface area contributed by atoms with Crippen LogP contribution in [0.3, 0.4) is 0 Å². The Kier molecular flexibility index (Phi) is 12.1. The van der Waals surface area contributed by atoms with Crippen molar-refractivity contribution in [3.63, 3.8) is 0 Å². The van der Waals surface area contributed by atoms with E-state index < -0.39 is 17.9 Å². The fourth-order valence-corrected chi connectivity index (χ4v) is 9.24. The quantitative estimate of drug-likeness (QED) is 0.128. The largest absolute Gasteiger partial charge is 0.381 e. The summed E-state index contributed by atoms with van der Waals surface area (Å²) >= 11 is 1.54. The number of fused-ring (bicyclic) bond motifs is 1. The summed E-state index contributed by atoms with van der Waals surface area (Å²) in [6.45, 7) is 7.09. The highest BCUT2D eigenvalue weighted by atomic mass is 32.2. The molecule has 5 aromatic rings. The number of nitrogens with one attached hydrogen (secondary N) is 3. The third-order valence-corrected chi connectivity index (χ3v) is 13.2. The van der Waals surface area contributed by atoms with Crippen molar-refractivity contribution in [1.29, 1.82) is 0 Å². The second-order valence-corrected chi connectivity index (χ2v) is 18.0. The summed E-state index contributed by atoms with van der Waals surface area (Å²) in [5.74, 6) is -0.269. The van der Waals surface area contributed by atoms with Gasteiger partial charge < -0.3 is 36.0 Å². The van der Waals surface area contributed by atoms with Crippen molar-refractivity contribution in [2.45, 2.75) is 73.7 Å². The number of carbonyl (C=O) groups excluding carboxylic acids is 4. The van der Waals surface area contributed by atoms with E-state index in [0.717, 1.165) is 64.0 Å². The summed E-state index contributed by atoms with van der Waals surface area (Å²) in [4.78, 5) is 68.3. The molecule has 3 saturated heterocycles. The van der Waals surface area contributed by atoms with Gasteiger partial charge in [-0.2, -0.15) is 0 Å². The molecule has 4 amide bonds. The Balaban J connectivity index is 0.721. The van der Waals surface area contributed by atoms with E-state index in [2.05, 4.69) is 52.8 Å². The number of rotatable bonds is 12. The zero-order valence-corrected chi connectivity index (χ0v) is 36.2. The molecular weight excluding hydrogens is 836 g/mol. The minimum Gasteiger partial charge on any atom is -0.381 e. The molecule has 330 valence electrons. The highest BCUT2D eigenvalue weighted by molar-refractivity contribution is 7.99. The van der Waals surface area contributed by atoms with E-state index in [1.54, 1.807) is 24.3 Å². The molecule has 3 fully saturated rings. The molecule has 0 aliphatic carbocycles. The van der Waals surface area contributed by atoms with Crippen LogP contribution in [0.4, 0.5) is 27.4 Å². The molecular formula is C46H49FN12O4S. The Morgan fingerprint density at radius 2 is 1.62 bits per heavy atom. The first-order chi connectivity index (χ1) is 30.9. The minimum absolute atomic E-state index is 0.120. The smallest absolute Gasteiger partial charge is 0.272 e. The first-order valence-corrected chi connectivity index (χ1v) is 22.3. The number of piperidine rings is 2. The van der Waals surface area contributed by atoms with Crippen LogP contribution < -0.4 is 36.4 Å². The third-order valence-electron chi connectivity index (χ3n) is 12.3. The van der Waals surface area contributed by atoms with Gasteiger partial charge in [0.25, 0.3) is 11.8 Å². The summed E-state index contributed by atoms with van der Waals surface area (Å²) in [5, 5.41) is 17.9. The van der Waals surface area contributed by atoms with Crippen LogP contribution in [0.5, 0.6) is 0 Å². The number of benzene rings is 3. The average Bonchev–Trinajstić information content (AvgIpc) is 3.62. The standard InChI is InChI=1S/C46H49FN12O4S/c1-46(48)13-15-57(16-14-46)40-26-51-42(27-50-40)64-33-4-2-3-32(23-33)49-24-30-6-9-37(35(47)22-30)56-17-19-58(20-18-56)39-11-8-36(54-55-39)43(61)52-25-29-5-7-31-28-59(45(63)34(31)21-29)38-10-12-41(60)53-44(38)62/h2-9,11,21-23,26-27,38,49H,10,12-20,24-25,28,48H2,1H3,(H,52,61)(H,53,60,62). The van der Waals surface area contributed by atoms with Gasteiger partial charge in [0.2, 0.25) is 11.8 Å². The normalized spacial score (nSPS) is 18.5. The molecule has 1 unspecified atom stereocenters. The van der Waals surface area contributed by atoms with Crippen LogP contribution in [-0.4, -0.2) is 99.5 Å². The molecule has 64 heavy (non-hydrogen) atoms. The maximum absolute atomic E-state index is 15.5. The number of nitrogens with zero attached hydrogens (tertiary/aromatic N) is 8. The molecule has 1 atom stereocenters. The number of carbonyl (C=O) groups is 4. The van der Waals surface area contributed by atoms with Crippen molar-refractivity contribution in [3.05, 3.63) is 119 Å². The number of nitrogens with two attached hydrogens (primary N) is 1. The molecule has 0 radical (unpaired) electrons. The Hall–Kier alpha value is -6.66. The fraction of sp³-hybridized carbons (Fsp3) is 0.348. The second-order valence-electron chi connectivity index (χ2n) is 16.9. The molecule has 6 heterocycles. The highest BCUT2D eigenvalue weighted by Gasteiger charge is 2.39. The van der Waals surface area contributed by atoms with Crippen LogP contribution in [-0.2, 0) is 29.2 Å². The van der Waals surface area contributed by atoms with E-state index in [9.17, 15) is 19.2 Å². The molecule has 4 aliphatic rings. The third kappa shape index (κ3) is 9.62. The molecule has 3 aromatic carbocycles. The zero-order chi connectivity index (χ0) is 44.4. The van der Waals surface area contributed by atoms with Gasteiger partial charge in [-0.05, 0) is 91.4 Å². The molecule has 2 aromatic heterocycles. The number of amides is 4. The second kappa shape index (κ2) is 18.2. The van der Waals surface area contributed by atoms with Crippen molar-refractivity contribution in [3.8, 4) is 0 Å². The summed E-state index contributed by atoms with van der Waals surface area (Å²) in [6.07, 6.45) is 5.96. The van der Waals surface area contributed by atoms with Gasteiger partial charge >= 0.3 is 0 Å². The average molecular weight is 885 g/mol. The SMILES string of the molecule is CC1(N)CCN(c2cnc(Sc3cccc(NCc4ccc(N5CCN(c6ccc(C(=O)NCc7ccc8c(c7)C(=O)N(C7CCC(=O)NC7=O)C8)nn6)CC5)c(F)c4)c3)cn2)CC1. The minimum atomic E-state index is -0.691. The van der Waals surface area contributed by atoms with Crippen molar-refractivity contribution in [2.24, 2.45) is 5.73 Å². The Bertz CT molecular complexity index is 2560. The lowest BCUT2D eigenvalue weighted by molar-refractivity contribution is -0.136. The van der Waals surface area contributed by atoms with E-state index in [0.29, 0.717) is 56.2 Å². The molecule has 16 nitrogen and oxygen atoms in total. The number of anilines is 4. The van der Waals surface area contributed by atoms with Crippen LogP contribution in [0.1, 0.15) is 70.1 Å². The summed E-state index contributed by atoms with van der Waals surface area (Å²) in [7, 11) is 0. The summed E-state index contributed by atoms with van der Waals surface area (Å²) < 4.78 is 15.5. The molecule has 4 aliphatic heterocycles. The summed E-state index contributed by atoms with van der Waals surface area (Å²) in [5.41, 5.74) is 10.6. The lowest BCUT2D eigenvalue weighted by Crippen LogP contribution is -2.52. The maximum atomic E-state index is 15.5. The Morgan fingerprint density at radius 1 is 0.859 bits per heavy atom. The topological polar surface area (TPSA) is 195 Å². The monoisotopic (exact) mass is 884 g/mol. The van der Waals surface area contributed by atoms with Crippen molar-refractivity contribution < 1.29 is 23.6 Å². The van der Waals surface area contributed by atoms with Crippen LogP contribution >= 0.6 is 11.8 Å². The van der Waals surface area contributed by atoms with E-state index in [4.69, 9.17) is 5.73 Å². The number of halogens is 1. The first kappa shape index (κ1) is 42.6. The number of imide groups is 1.